The summed E-state index contributed by atoms with van der Waals surface area (Å²) in [5, 5.41) is 2.60. The monoisotopic (exact) mass is 641 g/mol. The van der Waals surface area contributed by atoms with E-state index < -0.39 is 29.6 Å². The Bertz CT molecular complexity index is 1440. The Kier molecular flexibility index (Phi) is 12.9. The molecular formula is C37H47N5O5. The van der Waals surface area contributed by atoms with E-state index >= 15 is 0 Å². The van der Waals surface area contributed by atoms with Gasteiger partial charge in [0.05, 0.1) is 0 Å². The number of carbonyl (C=O) groups is 4. The third kappa shape index (κ3) is 11.9. The highest BCUT2D eigenvalue weighted by Gasteiger charge is 2.30. The number of benzene rings is 3. The summed E-state index contributed by atoms with van der Waals surface area (Å²) in [5.41, 5.74) is 7.02. The first-order chi connectivity index (χ1) is 22.6. The van der Waals surface area contributed by atoms with Crippen molar-refractivity contribution in [1.29, 1.82) is 0 Å². The highest BCUT2D eigenvalue weighted by atomic mass is 16.6. The molecule has 3 aromatic rings. The van der Waals surface area contributed by atoms with Crippen molar-refractivity contribution < 1.29 is 23.9 Å². The number of rotatable bonds is 12. The number of nitrogens with one attached hydrogen (secondary N) is 3. The zero-order chi connectivity index (χ0) is 33.6. The SMILES string of the molecule is CC(C)(C)OC(=O)N[C@H](Cc1ccccc1)C(=O)NNC(=O)CCC(=O)N(c1ccccc1)C1CCN(CCc2ccccc2)CC1. The molecule has 10 heteroatoms. The highest BCUT2D eigenvalue weighted by Crippen LogP contribution is 2.25. The van der Waals surface area contributed by atoms with Gasteiger partial charge in [0, 0.05) is 50.6 Å². The molecule has 1 aliphatic heterocycles. The first-order valence-electron chi connectivity index (χ1n) is 16.3. The van der Waals surface area contributed by atoms with Crippen LogP contribution in [0.2, 0.25) is 0 Å². The predicted molar refractivity (Wildman–Crippen MR) is 182 cm³/mol. The fourth-order valence-corrected chi connectivity index (χ4v) is 5.61. The van der Waals surface area contributed by atoms with E-state index in [-0.39, 0.29) is 31.2 Å². The number of anilines is 1. The second-order valence-electron chi connectivity index (χ2n) is 12.8. The smallest absolute Gasteiger partial charge is 0.408 e. The number of amides is 4. The first-order valence-corrected chi connectivity index (χ1v) is 16.3. The molecule has 0 unspecified atom stereocenters. The Balaban J connectivity index is 1.29. The van der Waals surface area contributed by atoms with E-state index in [2.05, 4.69) is 45.3 Å². The summed E-state index contributed by atoms with van der Waals surface area (Å²) in [4.78, 5) is 56.2. The molecule has 4 rings (SSSR count). The topological polar surface area (TPSA) is 120 Å². The lowest BCUT2D eigenvalue weighted by molar-refractivity contribution is -0.130. The van der Waals surface area contributed by atoms with E-state index in [1.807, 2.05) is 71.6 Å². The van der Waals surface area contributed by atoms with Crippen LogP contribution < -0.4 is 21.1 Å². The quantitative estimate of drug-likeness (QED) is 0.245. The van der Waals surface area contributed by atoms with Gasteiger partial charge in [0.25, 0.3) is 5.91 Å². The summed E-state index contributed by atoms with van der Waals surface area (Å²) in [6, 6.07) is 28.3. The molecule has 0 radical (unpaired) electrons. The van der Waals surface area contributed by atoms with Crippen LogP contribution in [-0.2, 0) is 32.0 Å². The van der Waals surface area contributed by atoms with Crippen LogP contribution in [0.15, 0.2) is 91.0 Å². The van der Waals surface area contributed by atoms with Crippen LogP contribution in [0, 0.1) is 0 Å². The number of carbonyl (C=O) groups excluding carboxylic acids is 4. The van der Waals surface area contributed by atoms with Crippen molar-refractivity contribution in [3.05, 3.63) is 102 Å². The molecule has 1 aliphatic rings. The Hall–Kier alpha value is -4.70. The van der Waals surface area contributed by atoms with Gasteiger partial charge in [0.15, 0.2) is 0 Å². The van der Waals surface area contributed by atoms with Crippen LogP contribution in [-0.4, -0.2) is 66.0 Å². The summed E-state index contributed by atoms with van der Waals surface area (Å²) in [6.45, 7) is 7.95. The van der Waals surface area contributed by atoms with Crippen molar-refractivity contribution in [3.63, 3.8) is 0 Å². The number of hydrogen-bond acceptors (Lipinski definition) is 6. The zero-order valence-corrected chi connectivity index (χ0v) is 27.6. The summed E-state index contributed by atoms with van der Waals surface area (Å²) >= 11 is 0. The number of alkyl carbamates (subject to hydrolysis) is 1. The molecule has 1 saturated heterocycles. The highest BCUT2D eigenvalue weighted by molar-refractivity contribution is 5.96. The molecule has 47 heavy (non-hydrogen) atoms. The molecule has 4 amide bonds. The Labute approximate surface area is 277 Å². The fraction of sp³-hybridized carbons (Fsp3) is 0.405. The molecule has 0 bridgehead atoms. The number of hydrogen-bond donors (Lipinski definition) is 3. The number of piperidine rings is 1. The standard InChI is InChI=1S/C37H47N5O5/c1-37(2,3)47-36(46)38-32(27-29-15-9-5-10-16-29)35(45)40-39-33(43)19-20-34(44)42(30-17-11-6-12-18-30)31-22-25-41(26-23-31)24-21-28-13-7-4-8-14-28/h4-18,31-32H,19-27H2,1-3H3,(H,38,46)(H,39,43)(H,40,45)/t32-/m1/s1. The normalized spacial score (nSPS) is 14.4. The van der Waals surface area contributed by atoms with Gasteiger partial charge < -0.3 is 19.9 Å². The van der Waals surface area contributed by atoms with Gasteiger partial charge in [-0.1, -0.05) is 78.9 Å². The largest absolute Gasteiger partial charge is 0.444 e. The van der Waals surface area contributed by atoms with Crippen LogP contribution in [0.4, 0.5) is 10.5 Å². The summed E-state index contributed by atoms with van der Waals surface area (Å²) < 4.78 is 5.33. The lowest BCUT2D eigenvalue weighted by Gasteiger charge is -2.38. The average molecular weight is 642 g/mol. The van der Waals surface area contributed by atoms with Gasteiger partial charge in [0.2, 0.25) is 11.8 Å². The lowest BCUT2D eigenvalue weighted by Crippen LogP contribution is -2.54. The maximum absolute atomic E-state index is 13.6. The molecule has 3 N–H and O–H groups in total. The molecular weight excluding hydrogens is 594 g/mol. The van der Waals surface area contributed by atoms with E-state index in [4.69, 9.17) is 4.74 Å². The Morgan fingerprint density at radius 3 is 1.98 bits per heavy atom. The van der Waals surface area contributed by atoms with E-state index in [0.29, 0.717) is 0 Å². The number of para-hydroxylation sites is 1. The van der Waals surface area contributed by atoms with Crippen molar-refractivity contribution >= 4 is 29.5 Å². The molecule has 250 valence electrons. The fourth-order valence-electron chi connectivity index (χ4n) is 5.61. The van der Waals surface area contributed by atoms with Gasteiger partial charge in [-0.2, -0.15) is 0 Å². The molecule has 1 atom stereocenters. The predicted octanol–water partition coefficient (Wildman–Crippen LogP) is 4.79. The summed E-state index contributed by atoms with van der Waals surface area (Å²) in [6.07, 6.45) is 1.99. The van der Waals surface area contributed by atoms with Crippen molar-refractivity contribution in [1.82, 2.24) is 21.1 Å². The van der Waals surface area contributed by atoms with E-state index in [1.54, 1.807) is 20.8 Å². The Morgan fingerprint density at radius 2 is 1.38 bits per heavy atom. The maximum Gasteiger partial charge on any atom is 0.408 e. The van der Waals surface area contributed by atoms with Crippen LogP contribution in [0.3, 0.4) is 0 Å². The van der Waals surface area contributed by atoms with E-state index in [1.165, 1.54) is 5.56 Å². The van der Waals surface area contributed by atoms with Gasteiger partial charge in [-0.3, -0.25) is 25.2 Å². The molecule has 3 aromatic carbocycles. The van der Waals surface area contributed by atoms with Gasteiger partial charge in [-0.15, -0.1) is 0 Å². The van der Waals surface area contributed by atoms with Crippen molar-refractivity contribution in [2.75, 3.05) is 24.5 Å². The number of nitrogens with zero attached hydrogens (tertiary/aromatic N) is 2. The minimum atomic E-state index is -0.999. The third-order valence-electron chi connectivity index (χ3n) is 7.97. The van der Waals surface area contributed by atoms with Gasteiger partial charge in [-0.25, -0.2) is 4.79 Å². The first kappa shape index (κ1) is 35.2. The van der Waals surface area contributed by atoms with Crippen LogP contribution in [0.5, 0.6) is 0 Å². The van der Waals surface area contributed by atoms with Crippen LogP contribution in [0.1, 0.15) is 57.6 Å². The average Bonchev–Trinajstić information content (AvgIpc) is 3.06. The minimum Gasteiger partial charge on any atom is -0.444 e. The molecule has 10 nitrogen and oxygen atoms in total. The zero-order valence-electron chi connectivity index (χ0n) is 27.6. The summed E-state index contributed by atoms with van der Waals surface area (Å²) in [5.74, 6) is -1.26. The summed E-state index contributed by atoms with van der Waals surface area (Å²) in [7, 11) is 0. The molecule has 1 fully saturated rings. The number of hydrazine groups is 1. The van der Waals surface area contributed by atoms with Crippen molar-refractivity contribution in [3.8, 4) is 0 Å². The minimum absolute atomic E-state index is 0.0194. The maximum atomic E-state index is 13.6. The second-order valence-corrected chi connectivity index (χ2v) is 12.8. The lowest BCUT2D eigenvalue weighted by atomic mass is 10.0. The second kappa shape index (κ2) is 17.3. The van der Waals surface area contributed by atoms with Crippen LogP contribution in [0.25, 0.3) is 0 Å². The Morgan fingerprint density at radius 1 is 0.809 bits per heavy atom. The molecule has 0 aliphatic carbocycles. The van der Waals surface area contributed by atoms with Gasteiger partial charge >= 0.3 is 6.09 Å². The number of ether oxygens (including phenoxy) is 1. The van der Waals surface area contributed by atoms with E-state index in [0.717, 1.165) is 50.1 Å². The van der Waals surface area contributed by atoms with E-state index in [9.17, 15) is 19.2 Å². The molecule has 0 aromatic heterocycles. The van der Waals surface area contributed by atoms with Gasteiger partial charge in [-0.05, 0) is 63.3 Å². The molecule has 1 heterocycles. The van der Waals surface area contributed by atoms with Gasteiger partial charge in [0.1, 0.15) is 11.6 Å². The molecule has 0 spiro atoms. The van der Waals surface area contributed by atoms with Crippen molar-refractivity contribution in [2.24, 2.45) is 0 Å². The molecule has 0 saturated carbocycles. The number of likely N-dealkylation sites (tertiary alicyclic amines) is 1. The third-order valence-corrected chi connectivity index (χ3v) is 7.97. The van der Waals surface area contributed by atoms with Crippen molar-refractivity contribution in [2.45, 2.75) is 77.0 Å². The van der Waals surface area contributed by atoms with Crippen LogP contribution >= 0.6 is 0 Å².